The molecule has 0 saturated carbocycles. The third-order valence-electron chi connectivity index (χ3n) is 3.40. The predicted octanol–water partition coefficient (Wildman–Crippen LogP) is 4.70. The van der Waals surface area contributed by atoms with Gasteiger partial charge in [-0.25, -0.2) is 4.39 Å². The smallest absolute Gasteiger partial charge is 0.123 e. The van der Waals surface area contributed by atoms with Gasteiger partial charge in [0.05, 0.1) is 0 Å². The Morgan fingerprint density at radius 2 is 1.70 bits per heavy atom. The largest absolute Gasteiger partial charge is 0.305 e. The molecule has 1 atom stereocenters. The highest BCUT2D eigenvalue weighted by molar-refractivity contribution is 5.22. The standard InChI is InChI=1S/C18H22FN/c1-18(2,3)17(15-9-5-4-6-10-15)20-13-14-8-7-11-16(19)12-14/h4-12,17,20H,13H2,1-3H3. The van der Waals surface area contributed by atoms with E-state index in [4.69, 9.17) is 0 Å². The summed E-state index contributed by atoms with van der Waals surface area (Å²) in [7, 11) is 0. The summed E-state index contributed by atoms with van der Waals surface area (Å²) in [6.07, 6.45) is 0. The highest BCUT2D eigenvalue weighted by atomic mass is 19.1. The second-order valence-electron chi connectivity index (χ2n) is 6.22. The van der Waals surface area contributed by atoms with Crippen LogP contribution in [0.2, 0.25) is 0 Å². The summed E-state index contributed by atoms with van der Waals surface area (Å²) in [6, 6.07) is 17.4. The average molecular weight is 271 g/mol. The lowest BCUT2D eigenvalue weighted by Gasteiger charge is -2.32. The van der Waals surface area contributed by atoms with Crippen LogP contribution in [-0.2, 0) is 6.54 Å². The molecule has 0 aliphatic heterocycles. The molecule has 0 spiro atoms. The molecule has 1 nitrogen and oxygen atoms in total. The molecule has 20 heavy (non-hydrogen) atoms. The summed E-state index contributed by atoms with van der Waals surface area (Å²) in [6.45, 7) is 7.30. The summed E-state index contributed by atoms with van der Waals surface area (Å²) < 4.78 is 13.2. The number of hydrogen-bond donors (Lipinski definition) is 1. The van der Waals surface area contributed by atoms with Gasteiger partial charge in [-0.15, -0.1) is 0 Å². The lowest BCUT2D eigenvalue weighted by molar-refractivity contribution is 0.271. The lowest BCUT2D eigenvalue weighted by atomic mass is 9.82. The van der Waals surface area contributed by atoms with Gasteiger partial charge in [0.1, 0.15) is 5.82 Å². The Kier molecular flexibility index (Phi) is 4.56. The van der Waals surface area contributed by atoms with Crippen molar-refractivity contribution in [3.8, 4) is 0 Å². The van der Waals surface area contributed by atoms with Crippen LogP contribution in [0.1, 0.15) is 37.9 Å². The van der Waals surface area contributed by atoms with E-state index >= 15 is 0 Å². The monoisotopic (exact) mass is 271 g/mol. The SMILES string of the molecule is CC(C)(C)C(NCc1cccc(F)c1)c1ccccc1. The van der Waals surface area contributed by atoms with Crippen molar-refractivity contribution in [2.75, 3.05) is 0 Å². The highest BCUT2D eigenvalue weighted by Crippen LogP contribution is 2.32. The molecule has 2 rings (SSSR count). The molecule has 1 unspecified atom stereocenters. The Labute approximate surface area is 120 Å². The Balaban J connectivity index is 2.14. The fourth-order valence-corrected chi connectivity index (χ4v) is 2.44. The second kappa shape index (κ2) is 6.19. The molecule has 1 N–H and O–H groups in total. The number of hydrogen-bond acceptors (Lipinski definition) is 1. The fourth-order valence-electron chi connectivity index (χ4n) is 2.44. The summed E-state index contributed by atoms with van der Waals surface area (Å²) in [5.41, 5.74) is 2.32. The van der Waals surface area contributed by atoms with Crippen LogP contribution >= 0.6 is 0 Å². The van der Waals surface area contributed by atoms with Gasteiger partial charge in [-0.1, -0.05) is 63.2 Å². The first-order valence-corrected chi connectivity index (χ1v) is 6.99. The molecule has 0 aliphatic rings. The van der Waals surface area contributed by atoms with E-state index < -0.39 is 0 Å². The summed E-state index contributed by atoms with van der Waals surface area (Å²) >= 11 is 0. The molecule has 2 aromatic rings. The molecule has 0 radical (unpaired) electrons. The van der Waals surface area contributed by atoms with E-state index in [0.29, 0.717) is 6.54 Å². The Morgan fingerprint density at radius 3 is 2.30 bits per heavy atom. The van der Waals surface area contributed by atoms with Crippen LogP contribution in [0.15, 0.2) is 54.6 Å². The highest BCUT2D eigenvalue weighted by Gasteiger charge is 2.25. The van der Waals surface area contributed by atoms with Crippen molar-refractivity contribution < 1.29 is 4.39 Å². The van der Waals surface area contributed by atoms with Gasteiger partial charge in [0.2, 0.25) is 0 Å². The quantitative estimate of drug-likeness (QED) is 0.849. The molecular formula is C18H22FN. The Bertz CT molecular complexity index is 543. The number of benzene rings is 2. The van der Waals surface area contributed by atoms with Crippen LogP contribution in [0, 0.1) is 11.2 Å². The van der Waals surface area contributed by atoms with Crippen molar-refractivity contribution in [3.05, 3.63) is 71.5 Å². The van der Waals surface area contributed by atoms with E-state index in [2.05, 4.69) is 50.4 Å². The van der Waals surface area contributed by atoms with E-state index in [9.17, 15) is 4.39 Å². The van der Waals surface area contributed by atoms with Crippen molar-refractivity contribution in [1.82, 2.24) is 5.32 Å². The van der Waals surface area contributed by atoms with Crippen LogP contribution in [-0.4, -0.2) is 0 Å². The van der Waals surface area contributed by atoms with Crippen molar-refractivity contribution >= 4 is 0 Å². The van der Waals surface area contributed by atoms with Crippen LogP contribution in [0.5, 0.6) is 0 Å². The van der Waals surface area contributed by atoms with Gasteiger partial charge in [-0.3, -0.25) is 0 Å². The predicted molar refractivity (Wildman–Crippen MR) is 81.9 cm³/mol. The van der Waals surface area contributed by atoms with Gasteiger partial charge >= 0.3 is 0 Å². The van der Waals surface area contributed by atoms with Crippen molar-refractivity contribution in [3.63, 3.8) is 0 Å². The Morgan fingerprint density at radius 1 is 1.00 bits per heavy atom. The first-order valence-electron chi connectivity index (χ1n) is 6.99. The fraction of sp³-hybridized carbons (Fsp3) is 0.333. The van der Waals surface area contributed by atoms with Crippen LogP contribution in [0.25, 0.3) is 0 Å². The van der Waals surface area contributed by atoms with E-state index in [1.807, 2.05) is 12.1 Å². The minimum Gasteiger partial charge on any atom is -0.305 e. The maximum absolute atomic E-state index is 13.2. The van der Waals surface area contributed by atoms with E-state index in [-0.39, 0.29) is 17.3 Å². The summed E-state index contributed by atoms with van der Waals surface area (Å²) in [5.74, 6) is -0.184. The normalized spacial score (nSPS) is 13.2. The molecular weight excluding hydrogens is 249 g/mol. The van der Waals surface area contributed by atoms with Gasteiger partial charge in [-0.05, 0) is 28.7 Å². The van der Waals surface area contributed by atoms with Crippen LogP contribution in [0.4, 0.5) is 4.39 Å². The molecule has 0 heterocycles. The third kappa shape index (κ3) is 3.91. The molecule has 0 bridgehead atoms. The topological polar surface area (TPSA) is 12.0 Å². The maximum atomic E-state index is 13.2. The van der Waals surface area contributed by atoms with Gasteiger partial charge in [0.15, 0.2) is 0 Å². The summed E-state index contributed by atoms with van der Waals surface area (Å²) in [5, 5.41) is 3.55. The number of halogens is 1. The maximum Gasteiger partial charge on any atom is 0.123 e. The van der Waals surface area contributed by atoms with E-state index in [0.717, 1.165) is 5.56 Å². The zero-order chi connectivity index (χ0) is 14.6. The van der Waals surface area contributed by atoms with Crippen LogP contribution in [0.3, 0.4) is 0 Å². The Hall–Kier alpha value is -1.67. The second-order valence-corrected chi connectivity index (χ2v) is 6.22. The molecule has 2 heteroatoms. The number of rotatable bonds is 4. The summed E-state index contributed by atoms with van der Waals surface area (Å²) in [4.78, 5) is 0. The van der Waals surface area contributed by atoms with Gasteiger partial charge in [0, 0.05) is 12.6 Å². The van der Waals surface area contributed by atoms with Gasteiger partial charge in [-0.2, -0.15) is 0 Å². The first kappa shape index (κ1) is 14.7. The van der Waals surface area contributed by atoms with Crippen molar-refractivity contribution in [1.29, 1.82) is 0 Å². The molecule has 0 aliphatic carbocycles. The molecule has 106 valence electrons. The molecule has 0 amide bonds. The number of nitrogens with one attached hydrogen (secondary N) is 1. The molecule has 0 fully saturated rings. The van der Waals surface area contributed by atoms with Crippen molar-refractivity contribution in [2.45, 2.75) is 33.4 Å². The lowest BCUT2D eigenvalue weighted by Crippen LogP contribution is -2.32. The zero-order valence-corrected chi connectivity index (χ0v) is 12.4. The van der Waals surface area contributed by atoms with E-state index in [1.165, 1.54) is 11.6 Å². The first-order chi connectivity index (χ1) is 9.47. The van der Waals surface area contributed by atoms with E-state index in [1.54, 1.807) is 12.1 Å². The van der Waals surface area contributed by atoms with Crippen molar-refractivity contribution in [2.24, 2.45) is 5.41 Å². The molecule has 0 aromatic heterocycles. The van der Waals surface area contributed by atoms with Gasteiger partial charge < -0.3 is 5.32 Å². The van der Waals surface area contributed by atoms with Crippen LogP contribution < -0.4 is 5.32 Å². The zero-order valence-electron chi connectivity index (χ0n) is 12.4. The molecule has 0 saturated heterocycles. The average Bonchev–Trinajstić information content (AvgIpc) is 2.39. The molecule has 2 aromatic carbocycles. The van der Waals surface area contributed by atoms with Gasteiger partial charge in [0.25, 0.3) is 0 Å². The minimum absolute atomic E-state index is 0.0919. The third-order valence-corrected chi connectivity index (χ3v) is 3.40. The minimum atomic E-state index is -0.184.